The van der Waals surface area contributed by atoms with E-state index in [0.717, 1.165) is 25.0 Å². The van der Waals surface area contributed by atoms with Crippen molar-refractivity contribution in [1.29, 1.82) is 0 Å². The molecule has 1 fully saturated rings. The number of hydrogen-bond acceptors (Lipinski definition) is 2. The molecule has 0 aromatic carbocycles. The Morgan fingerprint density at radius 1 is 1.47 bits per heavy atom. The summed E-state index contributed by atoms with van der Waals surface area (Å²) in [5.41, 5.74) is 0.488. The summed E-state index contributed by atoms with van der Waals surface area (Å²) in [6.07, 6.45) is 6.10. The van der Waals surface area contributed by atoms with Gasteiger partial charge in [0, 0.05) is 24.7 Å². The third-order valence-electron chi connectivity index (χ3n) is 4.16. The first-order chi connectivity index (χ1) is 9.01. The summed E-state index contributed by atoms with van der Waals surface area (Å²) in [5.74, 6) is 0.253. The lowest BCUT2D eigenvalue weighted by molar-refractivity contribution is -0.140. The minimum atomic E-state index is -0.466. The molecule has 0 bridgehead atoms. The molecule has 1 aliphatic heterocycles. The lowest BCUT2D eigenvalue weighted by Crippen LogP contribution is -2.53. The predicted octanol–water partition coefficient (Wildman–Crippen LogP) is 2.21. The SMILES string of the molecule is CCN1C(=O)CCC2(C(=O)NC(C)C)CCCC=C12. The monoisotopic (exact) mass is 264 g/mol. The van der Waals surface area contributed by atoms with Crippen LogP contribution >= 0.6 is 0 Å². The quantitative estimate of drug-likeness (QED) is 0.849. The Bertz CT molecular complexity index is 414. The Morgan fingerprint density at radius 3 is 2.84 bits per heavy atom. The molecule has 1 aliphatic carbocycles. The van der Waals surface area contributed by atoms with Crippen LogP contribution in [0.5, 0.6) is 0 Å². The lowest BCUT2D eigenvalue weighted by atomic mass is 9.69. The van der Waals surface area contributed by atoms with Crippen LogP contribution in [-0.2, 0) is 9.59 Å². The third-order valence-corrected chi connectivity index (χ3v) is 4.16. The van der Waals surface area contributed by atoms with Gasteiger partial charge in [0.2, 0.25) is 11.8 Å². The first-order valence-electron chi connectivity index (χ1n) is 7.33. The van der Waals surface area contributed by atoms with Crippen LogP contribution in [0.25, 0.3) is 0 Å². The molecule has 4 heteroatoms. The van der Waals surface area contributed by atoms with E-state index in [0.29, 0.717) is 19.4 Å². The molecule has 1 heterocycles. The molecule has 0 spiro atoms. The van der Waals surface area contributed by atoms with Crippen LogP contribution in [0.3, 0.4) is 0 Å². The number of rotatable bonds is 3. The average Bonchev–Trinajstić information content (AvgIpc) is 2.38. The number of hydrogen-bond donors (Lipinski definition) is 1. The zero-order valence-corrected chi connectivity index (χ0v) is 12.2. The maximum atomic E-state index is 12.6. The van der Waals surface area contributed by atoms with Crippen LogP contribution in [0.1, 0.15) is 52.9 Å². The Balaban J connectivity index is 2.35. The van der Waals surface area contributed by atoms with Crippen molar-refractivity contribution in [3.63, 3.8) is 0 Å². The van der Waals surface area contributed by atoms with Crippen LogP contribution in [-0.4, -0.2) is 29.3 Å². The van der Waals surface area contributed by atoms with Gasteiger partial charge in [0.15, 0.2) is 0 Å². The van der Waals surface area contributed by atoms with Crippen LogP contribution in [0.2, 0.25) is 0 Å². The van der Waals surface area contributed by atoms with Gasteiger partial charge in [-0.1, -0.05) is 6.08 Å². The van der Waals surface area contributed by atoms with Crippen LogP contribution in [0.15, 0.2) is 11.8 Å². The Kier molecular flexibility index (Phi) is 3.97. The summed E-state index contributed by atoms with van der Waals surface area (Å²) >= 11 is 0. The molecule has 1 unspecified atom stereocenters. The molecule has 4 nitrogen and oxygen atoms in total. The van der Waals surface area contributed by atoms with Gasteiger partial charge in [0.1, 0.15) is 0 Å². The average molecular weight is 264 g/mol. The highest BCUT2D eigenvalue weighted by Crippen LogP contribution is 2.46. The molecule has 106 valence electrons. The van der Waals surface area contributed by atoms with Crippen molar-refractivity contribution in [1.82, 2.24) is 10.2 Å². The van der Waals surface area contributed by atoms with E-state index in [1.165, 1.54) is 0 Å². The molecule has 1 atom stereocenters. The van der Waals surface area contributed by atoms with E-state index in [2.05, 4.69) is 11.4 Å². The fourth-order valence-electron chi connectivity index (χ4n) is 3.27. The zero-order chi connectivity index (χ0) is 14.0. The number of amides is 2. The van der Waals surface area contributed by atoms with Crippen molar-refractivity contribution >= 4 is 11.8 Å². The standard InChI is InChI=1S/C15H24N2O2/c1-4-17-12-7-5-6-9-15(12,10-8-13(17)18)14(19)16-11(2)3/h7,11H,4-6,8-10H2,1-3H3,(H,16,19). The van der Waals surface area contributed by atoms with Gasteiger partial charge in [-0.05, 0) is 46.5 Å². The minimum absolute atomic E-state index is 0.0967. The van der Waals surface area contributed by atoms with E-state index in [1.54, 1.807) is 0 Å². The highest BCUT2D eigenvalue weighted by atomic mass is 16.2. The fraction of sp³-hybridized carbons (Fsp3) is 0.733. The van der Waals surface area contributed by atoms with Gasteiger partial charge in [-0.25, -0.2) is 0 Å². The maximum Gasteiger partial charge on any atom is 0.232 e. The molecule has 0 aromatic rings. The van der Waals surface area contributed by atoms with Crippen molar-refractivity contribution < 1.29 is 9.59 Å². The number of nitrogens with one attached hydrogen (secondary N) is 1. The number of carbonyl (C=O) groups is 2. The van der Waals surface area contributed by atoms with Crippen molar-refractivity contribution in [3.05, 3.63) is 11.8 Å². The number of likely N-dealkylation sites (tertiary alicyclic amines) is 1. The van der Waals surface area contributed by atoms with E-state index < -0.39 is 5.41 Å². The van der Waals surface area contributed by atoms with Gasteiger partial charge >= 0.3 is 0 Å². The van der Waals surface area contributed by atoms with Crippen LogP contribution < -0.4 is 5.32 Å². The molecule has 2 amide bonds. The van der Waals surface area contributed by atoms with E-state index in [1.807, 2.05) is 25.7 Å². The second-order valence-corrected chi connectivity index (χ2v) is 5.83. The first-order valence-corrected chi connectivity index (χ1v) is 7.33. The van der Waals surface area contributed by atoms with Crippen molar-refractivity contribution in [2.24, 2.45) is 5.41 Å². The predicted molar refractivity (Wildman–Crippen MR) is 74.3 cm³/mol. The molecule has 19 heavy (non-hydrogen) atoms. The molecule has 0 aromatic heterocycles. The molecule has 1 saturated heterocycles. The van der Waals surface area contributed by atoms with Gasteiger partial charge in [-0.2, -0.15) is 0 Å². The van der Waals surface area contributed by atoms with Crippen LogP contribution in [0, 0.1) is 5.41 Å². The van der Waals surface area contributed by atoms with Crippen molar-refractivity contribution in [3.8, 4) is 0 Å². The summed E-state index contributed by atoms with van der Waals surface area (Å²) in [4.78, 5) is 26.5. The summed E-state index contributed by atoms with van der Waals surface area (Å²) in [5, 5.41) is 3.04. The molecule has 0 saturated carbocycles. The number of nitrogens with zero attached hydrogens (tertiary/aromatic N) is 1. The van der Waals surface area contributed by atoms with Gasteiger partial charge in [0.25, 0.3) is 0 Å². The summed E-state index contributed by atoms with van der Waals surface area (Å²) < 4.78 is 0. The number of carbonyl (C=O) groups excluding carboxylic acids is 2. The molecule has 0 radical (unpaired) electrons. The first kappa shape index (κ1) is 14.1. The second-order valence-electron chi connectivity index (χ2n) is 5.83. The highest BCUT2D eigenvalue weighted by Gasteiger charge is 2.49. The Labute approximate surface area is 115 Å². The summed E-state index contributed by atoms with van der Waals surface area (Å²) in [6, 6.07) is 0.137. The van der Waals surface area contributed by atoms with Gasteiger partial charge in [-0.15, -0.1) is 0 Å². The third kappa shape index (κ3) is 2.40. The van der Waals surface area contributed by atoms with Crippen molar-refractivity contribution in [2.45, 2.75) is 58.9 Å². The largest absolute Gasteiger partial charge is 0.353 e. The Hall–Kier alpha value is -1.32. The lowest BCUT2D eigenvalue weighted by Gasteiger charge is -2.46. The van der Waals surface area contributed by atoms with E-state index in [9.17, 15) is 9.59 Å². The van der Waals surface area contributed by atoms with Gasteiger partial charge in [0.05, 0.1) is 5.41 Å². The van der Waals surface area contributed by atoms with E-state index >= 15 is 0 Å². The summed E-state index contributed by atoms with van der Waals surface area (Å²) in [7, 11) is 0. The topological polar surface area (TPSA) is 49.4 Å². The van der Waals surface area contributed by atoms with Crippen molar-refractivity contribution in [2.75, 3.05) is 6.54 Å². The summed E-state index contributed by atoms with van der Waals surface area (Å²) in [6.45, 7) is 6.59. The molecular formula is C15H24N2O2. The number of allylic oxidation sites excluding steroid dienone is 1. The van der Waals surface area contributed by atoms with E-state index in [-0.39, 0.29) is 17.9 Å². The van der Waals surface area contributed by atoms with Gasteiger partial charge in [-0.3, -0.25) is 9.59 Å². The molecule has 2 aliphatic rings. The fourth-order valence-corrected chi connectivity index (χ4v) is 3.27. The van der Waals surface area contributed by atoms with Crippen LogP contribution in [0.4, 0.5) is 0 Å². The molecular weight excluding hydrogens is 240 g/mol. The zero-order valence-electron chi connectivity index (χ0n) is 12.2. The smallest absolute Gasteiger partial charge is 0.232 e. The normalized spacial score (nSPS) is 27.1. The number of fused-ring (bicyclic) bond motifs is 1. The Morgan fingerprint density at radius 2 is 2.21 bits per heavy atom. The minimum Gasteiger partial charge on any atom is -0.353 e. The highest BCUT2D eigenvalue weighted by molar-refractivity contribution is 5.91. The second kappa shape index (κ2) is 5.35. The molecule has 1 N–H and O–H groups in total. The van der Waals surface area contributed by atoms with E-state index in [4.69, 9.17) is 0 Å². The molecule has 2 rings (SSSR count). The maximum absolute atomic E-state index is 12.6. The number of piperidine rings is 1. The van der Waals surface area contributed by atoms with Gasteiger partial charge < -0.3 is 10.2 Å².